The lowest BCUT2D eigenvalue weighted by molar-refractivity contribution is -0.122. The number of anilines is 1. The van der Waals surface area contributed by atoms with Crippen molar-refractivity contribution >= 4 is 17.5 Å². The standard InChI is InChI=1S/C15H15NO2/c1-10-5-4-6-11(9-10)16-14(17)12-7-2-3-8-13(12)15(16)18/h2-6,9,12-13H,7-8H2,1H3. The van der Waals surface area contributed by atoms with E-state index in [1.165, 1.54) is 4.90 Å². The van der Waals surface area contributed by atoms with Crippen molar-refractivity contribution in [2.45, 2.75) is 19.8 Å². The SMILES string of the molecule is Cc1cccc(N2C(=O)C3CC=CCC3C2=O)c1. The summed E-state index contributed by atoms with van der Waals surface area (Å²) in [5.74, 6) is -0.383. The predicted octanol–water partition coefficient (Wildman–Crippen LogP) is 2.45. The van der Waals surface area contributed by atoms with Crippen molar-refractivity contribution in [2.75, 3.05) is 4.90 Å². The molecular weight excluding hydrogens is 226 g/mol. The van der Waals surface area contributed by atoms with Crippen LogP contribution in [0, 0.1) is 18.8 Å². The molecule has 0 saturated carbocycles. The normalized spacial score (nSPS) is 26.6. The fraction of sp³-hybridized carbons (Fsp3) is 0.333. The van der Waals surface area contributed by atoms with Crippen LogP contribution in [0.2, 0.25) is 0 Å². The molecule has 3 nitrogen and oxygen atoms in total. The summed E-state index contributed by atoms with van der Waals surface area (Å²) in [7, 11) is 0. The summed E-state index contributed by atoms with van der Waals surface area (Å²) in [6, 6.07) is 7.56. The van der Waals surface area contributed by atoms with Gasteiger partial charge in [0.1, 0.15) is 0 Å². The molecule has 1 aromatic carbocycles. The van der Waals surface area contributed by atoms with Crippen molar-refractivity contribution in [3.8, 4) is 0 Å². The second kappa shape index (κ2) is 4.09. The van der Waals surface area contributed by atoms with Crippen LogP contribution in [0.1, 0.15) is 18.4 Å². The molecule has 3 heteroatoms. The van der Waals surface area contributed by atoms with E-state index < -0.39 is 0 Å². The summed E-state index contributed by atoms with van der Waals surface area (Å²) in [4.78, 5) is 26.0. The predicted molar refractivity (Wildman–Crippen MR) is 69.0 cm³/mol. The summed E-state index contributed by atoms with van der Waals surface area (Å²) in [6.45, 7) is 1.96. The smallest absolute Gasteiger partial charge is 0.238 e. The van der Waals surface area contributed by atoms with Crippen LogP contribution >= 0.6 is 0 Å². The molecule has 1 aromatic rings. The highest BCUT2D eigenvalue weighted by Crippen LogP contribution is 2.37. The molecule has 0 radical (unpaired) electrons. The van der Waals surface area contributed by atoms with Crippen LogP contribution in [0.5, 0.6) is 0 Å². The lowest BCUT2D eigenvalue weighted by atomic mass is 9.85. The summed E-state index contributed by atoms with van der Waals surface area (Å²) in [5, 5.41) is 0. The molecule has 0 aromatic heterocycles. The van der Waals surface area contributed by atoms with E-state index in [2.05, 4.69) is 0 Å². The molecule has 2 aliphatic rings. The van der Waals surface area contributed by atoms with E-state index in [4.69, 9.17) is 0 Å². The van der Waals surface area contributed by atoms with Crippen LogP contribution in [-0.2, 0) is 9.59 Å². The summed E-state index contributed by atoms with van der Waals surface area (Å²) >= 11 is 0. The lowest BCUT2D eigenvalue weighted by Crippen LogP contribution is -2.30. The largest absolute Gasteiger partial charge is 0.274 e. The first-order valence-corrected chi connectivity index (χ1v) is 6.28. The van der Waals surface area contributed by atoms with Crippen molar-refractivity contribution in [3.05, 3.63) is 42.0 Å². The molecule has 1 fully saturated rings. The van der Waals surface area contributed by atoms with Crippen LogP contribution in [0.15, 0.2) is 36.4 Å². The van der Waals surface area contributed by atoms with Gasteiger partial charge >= 0.3 is 0 Å². The van der Waals surface area contributed by atoms with Gasteiger partial charge in [0.2, 0.25) is 11.8 Å². The Morgan fingerprint density at radius 2 is 1.67 bits per heavy atom. The number of carbonyl (C=O) groups is 2. The number of nitrogens with zero attached hydrogens (tertiary/aromatic N) is 1. The van der Waals surface area contributed by atoms with E-state index in [1.807, 2.05) is 43.3 Å². The van der Waals surface area contributed by atoms with Gasteiger partial charge in [0.05, 0.1) is 17.5 Å². The van der Waals surface area contributed by atoms with Crippen LogP contribution in [0.4, 0.5) is 5.69 Å². The molecule has 18 heavy (non-hydrogen) atoms. The van der Waals surface area contributed by atoms with Gasteiger partial charge in [-0.15, -0.1) is 0 Å². The molecule has 1 heterocycles. The first kappa shape index (κ1) is 11.2. The van der Waals surface area contributed by atoms with Gasteiger partial charge in [-0.05, 0) is 37.5 Å². The zero-order chi connectivity index (χ0) is 12.7. The van der Waals surface area contributed by atoms with Crippen molar-refractivity contribution in [1.29, 1.82) is 0 Å². The van der Waals surface area contributed by atoms with Crippen molar-refractivity contribution in [3.63, 3.8) is 0 Å². The summed E-state index contributed by atoms with van der Waals surface area (Å²) < 4.78 is 0. The summed E-state index contributed by atoms with van der Waals surface area (Å²) in [6.07, 6.45) is 5.40. The van der Waals surface area contributed by atoms with Crippen molar-refractivity contribution in [1.82, 2.24) is 0 Å². The molecule has 1 aliphatic heterocycles. The Bertz CT molecular complexity index is 521. The second-order valence-corrected chi connectivity index (χ2v) is 5.01. The Kier molecular flexibility index (Phi) is 2.54. The number of allylic oxidation sites excluding steroid dienone is 2. The molecule has 0 spiro atoms. The molecule has 2 unspecified atom stereocenters. The van der Waals surface area contributed by atoms with Gasteiger partial charge in [-0.3, -0.25) is 14.5 Å². The zero-order valence-electron chi connectivity index (χ0n) is 10.3. The molecule has 0 N–H and O–H groups in total. The van der Waals surface area contributed by atoms with Crippen molar-refractivity contribution in [2.24, 2.45) is 11.8 Å². The fourth-order valence-corrected chi connectivity index (χ4v) is 2.82. The molecule has 1 aliphatic carbocycles. The van der Waals surface area contributed by atoms with Gasteiger partial charge in [-0.25, -0.2) is 0 Å². The van der Waals surface area contributed by atoms with Crippen LogP contribution in [0.3, 0.4) is 0 Å². The molecule has 0 bridgehead atoms. The monoisotopic (exact) mass is 241 g/mol. The van der Waals surface area contributed by atoms with Crippen molar-refractivity contribution < 1.29 is 9.59 Å². The van der Waals surface area contributed by atoms with E-state index >= 15 is 0 Å². The van der Waals surface area contributed by atoms with Gasteiger partial charge in [-0.1, -0.05) is 24.3 Å². The average molecular weight is 241 g/mol. The van der Waals surface area contributed by atoms with E-state index in [1.54, 1.807) is 0 Å². The van der Waals surface area contributed by atoms with E-state index in [9.17, 15) is 9.59 Å². The Hall–Kier alpha value is -1.90. The number of aryl methyl sites for hydroxylation is 1. The van der Waals surface area contributed by atoms with Crippen LogP contribution < -0.4 is 4.90 Å². The van der Waals surface area contributed by atoms with Gasteiger partial charge < -0.3 is 0 Å². The Balaban J connectivity index is 1.99. The first-order valence-electron chi connectivity index (χ1n) is 6.28. The van der Waals surface area contributed by atoms with Crippen LogP contribution in [-0.4, -0.2) is 11.8 Å². The highest BCUT2D eigenvalue weighted by molar-refractivity contribution is 6.22. The first-order chi connectivity index (χ1) is 8.68. The maximum atomic E-state index is 12.3. The molecule has 1 saturated heterocycles. The second-order valence-electron chi connectivity index (χ2n) is 5.01. The minimum Gasteiger partial charge on any atom is -0.274 e. The zero-order valence-corrected chi connectivity index (χ0v) is 10.3. The molecule has 2 amide bonds. The molecule has 92 valence electrons. The highest BCUT2D eigenvalue weighted by Gasteiger charge is 2.47. The number of amides is 2. The number of hydrogen-bond acceptors (Lipinski definition) is 2. The van der Waals surface area contributed by atoms with Gasteiger partial charge in [0, 0.05) is 0 Å². The Morgan fingerprint density at radius 3 is 2.22 bits per heavy atom. The average Bonchev–Trinajstić information content (AvgIpc) is 2.63. The molecule has 2 atom stereocenters. The highest BCUT2D eigenvalue weighted by atomic mass is 16.2. The Morgan fingerprint density at radius 1 is 1.06 bits per heavy atom. The third-order valence-electron chi connectivity index (χ3n) is 3.77. The fourth-order valence-electron chi connectivity index (χ4n) is 2.82. The van der Waals surface area contributed by atoms with E-state index in [0.717, 1.165) is 5.56 Å². The van der Waals surface area contributed by atoms with E-state index in [0.29, 0.717) is 18.5 Å². The number of fused-ring (bicyclic) bond motifs is 1. The number of rotatable bonds is 1. The maximum Gasteiger partial charge on any atom is 0.238 e. The molecular formula is C15H15NO2. The quantitative estimate of drug-likeness (QED) is 0.559. The van der Waals surface area contributed by atoms with Crippen LogP contribution in [0.25, 0.3) is 0 Å². The summed E-state index contributed by atoms with van der Waals surface area (Å²) in [5.41, 5.74) is 1.76. The van der Waals surface area contributed by atoms with Gasteiger partial charge in [0.25, 0.3) is 0 Å². The van der Waals surface area contributed by atoms with Gasteiger partial charge in [-0.2, -0.15) is 0 Å². The number of carbonyl (C=O) groups excluding carboxylic acids is 2. The number of imide groups is 1. The number of benzene rings is 1. The number of hydrogen-bond donors (Lipinski definition) is 0. The Labute approximate surface area is 106 Å². The maximum absolute atomic E-state index is 12.3. The minimum atomic E-state index is -0.150. The third-order valence-corrected chi connectivity index (χ3v) is 3.77. The van der Waals surface area contributed by atoms with E-state index in [-0.39, 0.29) is 23.7 Å². The third kappa shape index (κ3) is 1.58. The minimum absolute atomic E-state index is 0.0417. The molecule has 3 rings (SSSR count). The topological polar surface area (TPSA) is 37.4 Å². The van der Waals surface area contributed by atoms with Gasteiger partial charge in [0.15, 0.2) is 0 Å². The lowest BCUT2D eigenvalue weighted by Gasteiger charge is -2.15.